The van der Waals surface area contributed by atoms with Crippen molar-refractivity contribution >= 4 is 28.5 Å². The molecule has 0 aliphatic carbocycles. The predicted molar refractivity (Wildman–Crippen MR) is 56.8 cm³/mol. The van der Waals surface area contributed by atoms with E-state index in [2.05, 4.69) is 10.0 Å². The van der Waals surface area contributed by atoms with Gasteiger partial charge in [0.15, 0.2) is 0 Å². The molecule has 0 fully saturated rings. The quantitative estimate of drug-likeness (QED) is 0.352. The number of rotatable bonds is 3. The molecule has 1 aromatic rings. The van der Waals surface area contributed by atoms with Crippen molar-refractivity contribution in [3.05, 3.63) is 18.2 Å². The molecule has 4 N–H and O–H groups in total. The van der Waals surface area contributed by atoms with Crippen LogP contribution in [-0.2, 0) is 16.1 Å². The van der Waals surface area contributed by atoms with E-state index in [0.29, 0.717) is 5.69 Å². The highest BCUT2D eigenvalue weighted by molar-refractivity contribution is 7.80. The van der Waals surface area contributed by atoms with Gasteiger partial charge in [-0.15, -0.1) is 0 Å². The standard InChI is InChI=1S/C8H10N2O4S/c1-5(11)9-7-4-6(10-15(13)14)2-3-8(7)12/h2-4,10,12H,1H3,(H,9,11)(H,13,14). The Morgan fingerprint density at radius 2 is 2.13 bits per heavy atom. The molecule has 82 valence electrons. The molecule has 0 aromatic heterocycles. The zero-order valence-corrected chi connectivity index (χ0v) is 8.67. The number of anilines is 2. The topological polar surface area (TPSA) is 98.7 Å². The van der Waals surface area contributed by atoms with E-state index < -0.39 is 11.3 Å². The van der Waals surface area contributed by atoms with Crippen LogP contribution in [-0.4, -0.2) is 19.8 Å². The number of nitrogens with one attached hydrogen (secondary N) is 2. The normalized spacial score (nSPS) is 11.9. The van der Waals surface area contributed by atoms with Crippen molar-refractivity contribution in [1.29, 1.82) is 0 Å². The van der Waals surface area contributed by atoms with Crippen molar-refractivity contribution in [1.82, 2.24) is 0 Å². The zero-order valence-electron chi connectivity index (χ0n) is 7.85. The highest BCUT2D eigenvalue weighted by Crippen LogP contribution is 2.26. The minimum Gasteiger partial charge on any atom is -0.506 e. The number of carbonyl (C=O) groups is 1. The molecule has 1 unspecified atom stereocenters. The van der Waals surface area contributed by atoms with E-state index in [4.69, 9.17) is 4.55 Å². The zero-order chi connectivity index (χ0) is 11.4. The Labute approximate surface area is 88.7 Å². The average molecular weight is 230 g/mol. The van der Waals surface area contributed by atoms with Crippen LogP contribution in [0.5, 0.6) is 5.75 Å². The Morgan fingerprint density at radius 1 is 1.47 bits per heavy atom. The third-order valence-electron chi connectivity index (χ3n) is 1.51. The van der Waals surface area contributed by atoms with Crippen LogP contribution in [0.4, 0.5) is 11.4 Å². The molecule has 0 aliphatic rings. The van der Waals surface area contributed by atoms with Crippen molar-refractivity contribution in [2.75, 3.05) is 10.0 Å². The lowest BCUT2D eigenvalue weighted by atomic mass is 10.2. The molecule has 15 heavy (non-hydrogen) atoms. The maximum Gasteiger partial charge on any atom is 0.259 e. The first-order valence-electron chi connectivity index (χ1n) is 3.97. The SMILES string of the molecule is CC(=O)Nc1cc(NS(=O)O)ccc1O. The Kier molecular flexibility index (Phi) is 3.64. The number of benzene rings is 1. The van der Waals surface area contributed by atoms with E-state index in [1.54, 1.807) is 0 Å². The second-order valence-corrected chi connectivity index (χ2v) is 3.47. The van der Waals surface area contributed by atoms with Crippen molar-refractivity contribution < 1.29 is 18.7 Å². The van der Waals surface area contributed by atoms with Gasteiger partial charge in [0, 0.05) is 6.92 Å². The third-order valence-corrected chi connectivity index (χ3v) is 1.92. The number of phenolic OH excluding ortho intramolecular Hbond substituents is 1. The lowest BCUT2D eigenvalue weighted by molar-refractivity contribution is -0.114. The number of hydrogen-bond acceptors (Lipinski definition) is 3. The summed E-state index contributed by atoms with van der Waals surface area (Å²) < 4.78 is 21.2. The lowest BCUT2D eigenvalue weighted by Gasteiger charge is -2.07. The van der Waals surface area contributed by atoms with E-state index in [-0.39, 0.29) is 17.3 Å². The number of amides is 1. The van der Waals surface area contributed by atoms with Gasteiger partial charge in [-0.25, -0.2) is 4.21 Å². The molecule has 1 rings (SSSR count). The van der Waals surface area contributed by atoms with Crippen LogP contribution in [0, 0.1) is 0 Å². The van der Waals surface area contributed by atoms with Crippen molar-refractivity contribution in [2.45, 2.75) is 6.92 Å². The molecule has 0 heterocycles. The Balaban J connectivity index is 2.94. The maximum absolute atomic E-state index is 10.7. The fourth-order valence-electron chi connectivity index (χ4n) is 0.990. The molecule has 6 nitrogen and oxygen atoms in total. The van der Waals surface area contributed by atoms with Crippen LogP contribution < -0.4 is 10.0 Å². The van der Waals surface area contributed by atoms with E-state index in [0.717, 1.165) is 0 Å². The monoisotopic (exact) mass is 230 g/mol. The van der Waals surface area contributed by atoms with Gasteiger partial charge in [-0.05, 0) is 18.2 Å². The van der Waals surface area contributed by atoms with E-state index >= 15 is 0 Å². The molecule has 1 aromatic carbocycles. The third kappa shape index (κ3) is 3.56. The molecule has 0 saturated carbocycles. The Hall–Kier alpha value is -1.60. The molecule has 0 aliphatic heterocycles. The van der Waals surface area contributed by atoms with Gasteiger partial charge in [-0.1, -0.05) is 0 Å². The van der Waals surface area contributed by atoms with Gasteiger partial charge in [0.2, 0.25) is 5.91 Å². The first kappa shape index (κ1) is 11.5. The van der Waals surface area contributed by atoms with Gasteiger partial charge < -0.3 is 10.4 Å². The van der Waals surface area contributed by atoms with Crippen molar-refractivity contribution in [2.24, 2.45) is 0 Å². The van der Waals surface area contributed by atoms with Gasteiger partial charge in [0.05, 0.1) is 11.4 Å². The highest BCUT2D eigenvalue weighted by atomic mass is 32.2. The summed E-state index contributed by atoms with van der Waals surface area (Å²) in [4.78, 5) is 10.7. The Bertz CT molecular complexity index is 408. The number of aromatic hydroxyl groups is 1. The summed E-state index contributed by atoms with van der Waals surface area (Å²) in [5.41, 5.74) is 0.496. The van der Waals surface area contributed by atoms with Crippen LogP contribution in [0.15, 0.2) is 18.2 Å². The van der Waals surface area contributed by atoms with Crippen LogP contribution >= 0.6 is 0 Å². The van der Waals surface area contributed by atoms with Crippen molar-refractivity contribution in [3.8, 4) is 5.75 Å². The summed E-state index contributed by atoms with van der Waals surface area (Å²) in [5, 5.41) is 11.7. The van der Waals surface area contributed by atoms with Crippen LogP contribution in [0.1, 0.15) is 6.92 Å². The van der Waals surface area contributed by atoms with Gasteiger partial charge in [-0.2, -0.15) is 0 Å². The summed E-state index contributed by atoms with van der Waals surface area (Å²) in [6.07, 6.45) is 0. The van der Waals surface area contributed by atoms with Crippen LogP contribution in [0.25, 0.3) is 0 Å². The summed E-state index contributed by atoms with van der Waals surface area (Å²) in [6, 6.07) is 4.07. The number of phenols is 1. The first-order chi connectivity index (χ1) is 6.99. The molecule has 0 spiro atoms. The maximum atomic E-state index is 10.7. The Morgan fingerprint density at radius 3 is 2.67 bits per heavy atom. The molecule has 7 heteroatoms. The summed E-state index contributed by atoms with van der Waals surface area (Å²) in [7, 11) is 0. The molecular formula is C8H10N2O4S. The van der Waals surface area contributed by atoms with Crippen LogP contribution in [0.2, 0.25) is 0 Å². The molecule has 1 atom stereocenters. The average Bonchev–Trinajstić information content (AvgIpc) is 2.09. The van der Waals surface area contributed by atoms with Gasteiger partial charge in [-0.3, -0.25) is 14.1 Å². The smallest absolute Gasteiger partial charge is 0.259 e. The minimum atomic E-state index is -2.19. The highest BCUT2D eigenvalue weighted by Gasteiger charge is 2.05. The fourth-order valence-corrected chi connectivity index (χ4v) is 1.32. The number of carbonyl (C=O) groups excluding carboxylic acids is 1. The van der Waals surface area contributed by atoms with E-state index in [1.807, 2.05) is 0 Å². The van der Waals surface area contributed by atoms with E-state index in [1.165, 1.54) is 25.1 Å². The second-order valence-electron chi connectivity index (χ2n) is 2.76. The van der Waals surface area contributed by atoms with Crippen LogP contribution in [0.3, 0.4) is 0 Å². The largest absolute Gasteiger partial charge is 0.506 e. The molecule has 0 radical (unpaired) electrons. The van der Waals surface area contributed by atoms with Gasteiger partial charge >= 0.3 is 0 Å². The summed E-state index contributed by atoms with van der Waals surface area (Å²) >= 11 is -2.19. The molecule has 1 amide bonds. The molecule has 0 bridgehead atoms. The lowest BCUT2D eigenvalue weighted by Crippen LogP contribution is -2.07. The van der Waals surface area contributed by atoms with E-state index in [9.17, 15) is 14.1 Å². The fraction of sp³-hybridized carbons (Fsp3) is 0.125. The molecule has 0 saturated heterocycles. The van der Waals surface area contributed by atoms with Gasteiger partial charge in [0.1, 0.15) is 5.75 Å². The predicted octanol–water partition coefficient (Wildman–Crippen LogP) is 0.899. The summed E-state index contributed by atoms with van der Waals surface area (Å²) in [6.45, 7) is 1.30. The molecular weight excluding hydrogens is 220 g/mol. The minimum absolute atomic E-state index is 0.112. The van der Waals surface area contributed by atoms with Crippen molar-refractivity contribution in [3.63, 3.8) is 0 Å². The van der Waals surface area contributed by atoms with Gasteiger partial charge in [0.25, 0.3) is 11.3 Å². The summed E-state index contributed by atoms with van der Waals surface area (Å²) in [5.74, 6) is -0.452. The second kappa shape index (κ2) is 4.76. The number of hydrogen-bond donors (Lipinski definition) is 4. The first-order valence-corrected chi connectivity index (χ1v) is 5.08.